The van der Waals surface area contributed by atoms with Gasteiger partial charge >= 0.3 is 18.1 Å². The predicted molar refractivity (Wildman–Crippen MR) is 224 cm³/mol. The third-order valence-electron chi connectivity index (χ3n) is 12.6. The first-order valence-electron chi connectivity index (χ1n) is 21.5. The molecule has 5 aliphatic rings. The summed E-state index contributed by atoms with van der Waals surface area (Å²) in [4.78, 5) is 39.4. The Morgan fingerprint density at radius 2 is 1.79 bits per heavy atom. The summed E-state index contributed by atoms with van der Waals surface area (Å²) in [5, 5.41) is 16.0. The lowest BCUT2D eigenvalue weighted by molar-refractivity contribution is -0.0367. The third kappa shape index (κ3) is 7.49. The topological polar surface area (TPSA) is 151 Å². The summed E-state index contributed by atoms with van der Waals surface area (Å²) in [5.41, 5.74) is 4.32. The maximum atomic E-state index is 16.5. The highest BCUT2D eigenvalue weighted by atomic mass is 19.1. The van der Waals surface area contributed by atoms with E-state index in [1.165, 1.54) is 0 Å². The van der Waals surface area contributed by atoms with Gasteiger partial charge in [-0.3, -0.25) is 0 Å². The zero-order valence-corrected chi connectivity index (χ0v) is 35.0. The molecule has 1 amide bonds. The highest BCUT2D eigenvalue weighted by Gasteiger charge is 2.48. The normalized spacial score (nSPS) is 22.7. The van der Waals surface area contributed by atoms with Gasteiger partial charge in [0.15, 0.2) is 12.0 Å². The van der Waals surface area contributed by atoms with Gasteiger partial charge in [-0.1, -0.05) is 12.1 Å². The van der Waals surface area contributed by atoms with Gasteiger partial charge in [-0.05, 0) is 107 Å². The van der Waals surface area contributed by atoms with Gasteiger partial charge in [-0.25, -0.2) is 18.7 Å². The highest BCUT2D eigenvalue weighted by Crippen LogP contribution is 2.54. The molecule has 10 rings (SSSR count). The van der Waals surface area contributed by atoms with Gasteiger partial charge in [0.1, 0.15) is 35.5 Å². The molecular weight excluding hydrogens is 784 g/mol. The molecule has 2 aromatic heterocycles. The third-order valence-corrected chi connectivity index (χ3v) is 12.6. The van der Waals surface area contributed by atoms with Crippen LogP contribution in [0.4, 0.5) is 15.0 Å². The summed E-state index contributed by atoms with van der Waals surface area (Å²) in [6.45, 7) is 10.1. The zero-order valence-electron chi connectivity index (χ0n) is 35.0. The molecule has 1 saturated carbocycles. The van der Waals surface area contributed by atoms with Crippen molar-refractivity contribution in [3.63, 3.8) is 0 Å². The van der Waals surface area contributed by atoms with Gasteiger partial charge < -0.3 is 38.6 Å². The molecule has 5 fully saturated rings. The summed E-state index contributed by atoms with van der Waals surface area (Å²) in [6.07, 6.45) is 7.02. The molecular formula is C46H51FN6O8. The molecule has 320 valence electrons. The van der Waals surface area contributed by atoms with Crippen molar-refractivity contribution in [1.82, 2.24) is 24.6 Å². The smallest absolute Gasteiger partial charge is 0.410 e. The van der Waals surface area contributed by atoms with Crippen LogP contribution in [0.2, 0.25) is 0 Å². The Morgan fingerprint density at radius 1 is 0.967 bits per heavy atom. The number of hydrogen-bond donors (Lipinski definition) is 1. The van der Waals surface area contributed by atoms with Crippen molar-refractivity contribution in [3.8, 4) is 22.9 Å². The van der Waals surface area contributed by atoms with E-state index >= 15 is 4.39 Å². The van der Waals surface area contributed by atoms with Crippen molar-refractivity contribution < 1.29 is 42.8 Å². The fraction of sp³-hybridized carbons (Fsp3) is 0.500. The van der Waals surface area contributed by atoms with Crippen LogP contribution in [-0.4, -0.2) is 98.5 Å². The summed E-state index contributed by atoms with van der Waals surface area (Å²) in [7, 11) is 0. The Morgan fingerprint density at radius 3 is 2.46 bits per heavy atom. The van der Waals surface area contributed by atoms with E-state index in [0.29, 0.717) is 73.1 Å². The standard InChI is InChI=1S/C46H51FN6O8/c1-25-35(47)19-36-34(20-48-53(36)37-7-5-6-15-58-37)38(25)39-32(27-12-13-27)18-33-40(41(39)59-23-26-8-10-28(11-9-26)43(54)55)49-44(60-31-14-16-57-24-31)50-42(33)51-21-30-17-29(51)22-52(30)45(56)61-46(2,3)4/h8-11,18-20,27,29-31,37H,5-7,12-17,21-24H2,1-4H3,(H,54,55)/t29-,30-,31-,37?/m0/s1. The van der Waals surface area contributed by atoms with Gasteiger partial charge in [0.2, 0.25) is 0 Å². The number of aromatic nitrogens is 4. The second-order valence-corrected chi connectivity index (χ2v) is 18.1. The number of amides is 1. The van der Waals surface area contributed by atoms with E-state index in [-0.39, 0.29) is 60.4 Å². The number of hydrogen-bond acceptors (Lipinski definition) is 11. The first-order valence-corrected chi connectivity index (χ1v) is 21.5. The number of likely N-dealkylation sites (tertiary alicyclic amines) is 1. The quantitative estimate of drug-likeness (QED) is 0.144. The molecule has 14 nitrogen and oxygen atoms in total. The van der Waals surface area contributed by atoms with E-state index < -0.39 is 11.6 Å². The number of rotatable bonds is 10. The van der Waals surface area contributed by atoms with E-state index in [9.17, 15) is 14.7 Å². The van der Waals surface area contributed by atoms with Crippen LogP contribution in [-0.2, 0) is 20.8 Å². The maximum absolute atomic E-state index is 16.5. The monoisotopic (exact) mass is 834 g/mol. The number of piperazine rings is 1. The molecule has 5 aromatic rings. The molecule has 61 heavy (non-hydrogen) atoms. The molecule has 2 bridgehead atoms. The number of carboxylic acid groups (broad SMARTS) is 1. The second-order valence-electron chi connectivity index (χ2n) is 18.1. The number of nitrogens with zero attached hydrogens (tertiary/aromatic N) is 6. The number of carbonyl (C=O) groups is 2. The molecule has 6 heterocycles. The van der Waals surface area contributed by atoms with Crippen LogP contribution in [0, 0.1) is 12.7 Å². The second kappa shape index (κ2) is 15.4. The van der Waals surface area contributed by atoms with Gasteiger partial charge in [-0.15, -0.1) is 0 Å². The van der Waals surface area contributed by atoms with Gasteiger partial charge in [0.05, 0.1) is 42.6 Å². The van der Waals surface area contributed by atoms with E-state index in [0.717, 1.165) is 66.0 Å². The van der Waals surface area contributed by atoms with Crippen molar-refractivity contribution in [3.05, 3.63) is 70.7 Å². The lowest BCUT2D eigenvalue weighted by Gasteiger charge is -2.36. The maximum Gasteiger partial charge on any atom is 0.410 e. The predicted octanol–water partition coefficient (Wildman–Crippen LogP) is 8.31. The molecule has 0 radical (unpaired) electrons. The number of benzene rings is 3. The van der Waals surface area contributed by atoms with Crippen LogP contribution >= 0.6 is 0 Å². The number of halogens is 1. The minimum atomic E-state index is -1.02. The summed E-state index contributed by atoms with van der Waals surface area (Å²) in [5.74, 6) is -0.0783. The Bertz CT molecular complexity index is 2520. The van der Waals surface area contributed by atoms with E-state index in [1.54, 1.807) is 37.3 Å². The first kappa shape index (κ1) is 39.6. The fourth-order valence-corrected chi connectivity index (χ4v) is 9.46. The Balaban J connectivity index is 1.17. The molecule has 4 saturated heterocycles. The number of ether oxygens (including phenoxy) is 5. The summed E-state index contributed by atoms with van der Waals surface area (Å²) < 4.78 is 49.4. The zero-order chi connectivity index (χ0) is 42.2. The van der Waals surface area contributed by atoms with E-state index in [1.807, 2.05) is 36.5 Å². The number of carbonyl (C=O) groups excluding carboxylic acids is 1. The Hall–Kier alpha value is -5.54. The van der Waals surface area contributed by atoms with E-state index in [2.05, 4.69) is 11.0 Å². The summed E-state index contributed by atoms with van der Waals surface area (Å²) >= 11 is 0. The van der Waals surface area contributed by atoms with Gasteiger partial charge in [0, 0.05) is 54.1 Å². The summed E-state index contributed by atoms with van der Waals surface area (Å²) in [6, 6.07) is 10.4. The van der Waals surface area contributed by atoms with Crippen molar-refractivity contribution >= 4 is 39.7 Å². The molecule has 3 aromatic carbocycles. The number of anilines is 1. The van der Waals surface area contributed by atoms with Crippen LogP contribution in [0.15, 0.2) is 42.6 Å². The van der Waals surface area contributed by atoms with E-state index in [4.69, 9.17) is 38.8 Å². The van der Waals surface area contributed by atoms with Crippen molar-refractivity contribution in [2.75, 3.05) is 37.8 Å². The fourth-order valence-electron chi connectivity index (χ4n) is 9.46. The lowest BCUT2D eigenvalue weighted by atomic mass is 9.88. The minimum absolute atomic E-state index is 0.0302. The van der Waals surface area contributed by atoms with Gasteiger partial charge in [-0.2, -0.15) is 15.1 Å². The lowest BCUT2D eigenvalue weighted by Crippen LogP contribution is -2.50. The molecule has 4 aliphatic heterocycles. The number of aromatic carboxylic acids is 1. The largest absolute Gasteiger partial charge is 0.486 e. The highest BCUT2D eigenvalue weighted by molar-refractivity contribution is 6.06. The van der Waals surface area contributed by atoms with Crippen LogP contribution < -0.4 is 14.4 Å². The number of fused-ring (bicyclic) bond motifs is 4. The molecule has 1 aliphatic carbocycles. The minimum Gasteiger partial charge on any atom is -0.486 e. The average Bonchev–Trinajstić information content (AvgIpc) is 3.54. The molecule has 15 heteroatoms. The van der Waals surface area contributed by atoms with Crippen molar-refractivity contribution in [2.45, 2.75) is 115 Å². The SMILES string of the molecule is Cc1c(F)cc2c(cnn2C2CCCCO2)c1-c1c(C2CC2)cc2c(N3C[C@@H]4C[C@H]3CN4C(=O)OC(C)(C)C)nc(O[C@H]3CCOC3)nc2c1OCc1ccc(C(=O)O)cc1. The Labute approximate surface area is 352 Å². The van der Waals surface area contributed by atoms with Crippen LogP contribution in [0.5, 0.6) is 11.8 Å². The average molecular weight is 835 g/mol. The van der Waals surface area contributed by atoms with Crippen molar-refractivity contribution in [2.24, 2.45) is 0 Å². The van der Waals surface area contributed by atoms with Gasteiger partial charge in [0.25, 0.3) is 0 Å². The Kier molecular flexibility index (Phi) is 10.0. The molecule has 0 spiro atoms. The van der Waals surface area contributed by atoms with Crippen LogP contribution in [0.25, 0.3) is 32.9 Å². The van der Waals surface area contributed by atoms with Crippen LogP contribution in [0.3, 0.4) is 0 Å². The first-order chi connectivity index (χ1) is 29.4. The van der Waals surface area contributed by atoms with Crippen molar-refractivity contribution in [1.29, 1.82) is 0 Å². The van der Waals surface area contributed by atoms with Crippen LogP contribution in [0.1, 0.15) is 105 Å². The number of carboxylic acids is 1. The molecule has 1 unspecified atom stereocenters. The molecule has 4 atom stereocenters. The molecule has 1 N–H and O–H groups in total.